The summed E-state index contributed by atoms with van der Waals surface area (Å²) >= 11 is 0. The third kappa shape index (κ3) is 8.27. The molecule has 3 aromatic rings. The summed E-state index contributed by atoms with van der Waals surface area (Å²) in [5.74, 6) is 0.335. The van der Waals surface area contributed by atoms with Crippen molar-refractivity contribution in [3.05, 3.63) is 54.4 Å². The van der Waals surface area contributed by atoms with Crippen molar-refractivity contribution >= 4 is 29.3 Å². The molecule has 2 N–H and O–H groups in total. The fourth-order valence-electron chi connectivity index (χ4n) is 5.70. The van der Waals surface area contributed by atoms with Crippen molar-refractivity contribution in [3.8, 4) is 23.2 Å². The third-order valence-corrected chi connectivity index (χ3v) is 8.09. The fourth-order valence-corrected chi connectivity index (χ4v) is 5.70. The van der Waals surface area contributed by atoms with E-state index in [0.717, 1.165) is 11.4 Å². The fraction of sp³-hybridized carbons (Fsp3) is 0.471. The van der Waals surface area contributed by atoms with Crippen LogP contribution in [-0.2, 0) is 9.53 Å². The summed E-state index contributed by atoms with van der Waals surface area (Å²) < 4.78 is 26.3. The number of aliphatic hydroxyl groups excluding tert-OH is 1. The minimum atomic E-state index is -1.48. The first-order valence-electron chi connectivity index (χ1n) is 15.9. The van der Waals surface area contributed by atoms with Crippen LogP contribution >= 0.6 is 0 Å². The number of carbonyl (C=O) groups excluding carboxylic acids is 2. The number of hydrogen-bond acceptors (Lipinski definition) is 11. The lowest BCUT2D eigenvalue weighted by molar-refractivity contribution is -0.143. The average molecular weight is 661 g/mol. The molecule has 2 amide bonds. The molecule has 1 aromatic heterocycles. The van der Waals surface area contributed by atoms with E-state index >= 15 is 0 Å². The SMILES string of the molecule is CC1CN(C(=O)OC(C)(C)C)CCN1c1ccc(Nc2ncnc(-c3ccc(O[C@H]4CCN(C(=O)[C@H](C)O)C[C@@H]4F)c(C#N)c3)n2)cc1. The molecule has 2 aromatic carbocycles. The number of halogens is 1. The number of alkyl halides is 1. The van der Waals surface area contributed by atoms with Gasteiger partial charge in [0, 0.05) is 55.6 Å². The number of hydrogen-bond donors (Lipinski definition) is 2. The molecule has 0 spiro atoms. The van der Waals surface area contributed by atoms with Crippen LogP contribution in [0.1, 0.15) is 46.6 Å². The molecule has 0 aliphatic carbocycles. The van der Waals surface area contributed by atoms with Crippen LogP contribution in [0.4, 0.5) is 26.5 Å². The Balaban J connectivity index is 1.20. The number of piperazine rings is 1. The highest BCUT2D eigenvalue weighted by Crippen LogP contribution is 2.29. The molecule has 4 atom stereocenters. The predicted octanol–water partition coefficient (Wildman–Crippen LogP) is 4.30. The van der Waals surface area contributed by atoms with Gasteiger partial charge in [0.05, 0.1) is 12.1 Å². The molecule has 5 rings (SSSR count). The molecule has 254 valence electrons. The number of nitrogens with one attached hydrogen (secondary N) is 1. The van der Waals surface area contributed by atoms with E-state index in [4.69, 9.17) is 9.47 Å². The lowest BCUT2D eigenvalue weighted by Crippen LogP contribution is -2.54. The van der Waals surface area contributed by atoms with Gasteiger partial charge in [-0.3, -0.25) is 4.79 Å². The number of piperidine rings is 1. The maximum Gasteiger partial charge on any atom is 0.410 e. The van der Waals surface area contributed by atoms with Crippen LogP contribution in [0, 0.1) is 11.3 Å². The van der Waals surface area contributed by atoms with E-state index in [0.29, 0.717) is 37.0 Å². The van der Waals surface area contributed by atoms with Crippen LogP contribution in [0.5, 0.6) is 5.75 Å². The number of carbonyl (C=O) groups is 2. The number of likely N-dealkylation sites (tertiary alicyclic amines) is 1. The Bertz CT molecular complexity index is 1660. The standard InChI is InChI=1S/C34H41FN8O5/c1-21-18-42(33(46)48-34(3,4)5)14-15-43(21)26-9-7-25(8-10-26)39-32-38-20-37-30(40-32)23-6-11-28(24(16-23)17-36)47-29-12-13-41(19-27(29)35)31(45)22(2)44/h6-11,16,20-22,27,29,44H,12-15,18-19H2,1-5H3,(H,37,38,39,40)/t21?,22-,27-,29-/m0/s1. The zero-order valence-electron chi connectivity index (χ0n) is 27.8. The van der Waals surface area contributed by atoms with Crippen LogP contribution in [-0.4, -0.2) is 105 Å². The highest BCUT2D eigenvalue weighted by molar-refractivity contribution is 5.80. The second-order valence-electron chi connectivity index (χ2n) is 13.0. The largest absolute Gasteiger partial charge is 0.486 e. The Morgan fingerprint density at radius 3 is 2.48 bits per heavy atom. The molecule has 0 radical (unpaired) electrons. The van der Waals surface area contributed by atoms with Gasteiger partial charge in [-0.1, -0.05) is 0 Å². The first-order valence-corrected chi connectivity index (χ1v) is 15.9. The van der Waals surface area contributed by atoms with Gasteiger partial charge in [0.25, 0.3) is 5.91 Å². The molecule has 14 heteroatoms. The minimum Gasteiger partial charge on any atom is -0.486 e. The smallest absolute Gasteiger partial charge is 0.410 e. The number of benzene rings is 2. The Morgan fingerprint density at radius 1 is 1.08 bits per heavy atom. The van der Waals surface area contributed by atoms with Gasteiger partial charge in [-0.2, -0.15) is 10.2 Å². The number of anilines is 3. The minimum absolute atomic E-state index is 0.101. The summed E-state index contributed by atoms with van der Waals surface area (Å²) in [4.78, 5) is 42.9. The van der Waals surface area contributed by atoms with E-state index in [1.165, 1.54) is 18.2 Å². The number of amides is 2. The van der Waals surface area contributed by atoms with Gasteiger partial charge in [0.1, 0.15) is 36.0 Å². The monoisotopic (exact) mass is 660 g/mol. The molecule has 2 aliphatic heterocycles. The van der Waals surface area contributed by atoms with Gasteiger partial charge < -0.3 is 34.6 Å². The van der Waals surface area contributed by atoms with Gasteiger partial charge in [-0.05, 0) is 77.1 Å². The van der Waals surface area contributed by atoms with Crippen LogP contribution in [0.3, 0.4) is 0 Å². The van der Waals surface area contributed by atoms with E-state index in [-0.39, 0.29) is 43.0 Å². The van der Waals surface area contributed by atoms with E-state index < -0.39 is 29.9 Å². The van der Waals surface area contributed by atoms with Crippen molar-refractivity contribution in [2.45, 2.75) is 71.1 Å². The van der Waals surface area contributed by atoms with Gasteiger partial charge in [0.2, 0.25) is 5.95 Å². The number of rotatable bonds is 7. The second kappa shape index (κ2) is 14.4. The topological polar surface area (TPSA) is 157 Å². The van der Waals surface area contributed by atoms with Gasteiger partial charge in [-0.15, -0.1) is 0 Å². The molecule has 0 bridgehead atoms. The van der Waals surface area contributed by atoms with E-state index in [1.807, 2.05) is 45.0 Å². The molecule has 3 heterocycles. The van der Waals surface area contributed by atoms with Crippen molar-refractivity contribution in [2.24, 2.45) is 0 Å². The normalized spacial score (nSPS) is 20.5. The van der Waals surface area contributed by atoms with Crippen molar-refractivity contribution in [1.82, 2.24) is 24.8 Å². The Hall–Kier alpha value is -5.03. The predicted molar refractivity (Wildman–Crippen MR) is 177 cm³/mol. The van der Waals surface area contributed by atoms with Crippen LogP contribution < -0.4 is 15.0 Å². The average Bonchev–Trinajstić information content (AvgIpc) is 3.05. The van der Waals surface area contributed by atoms with Gasteiger partial charge in [0.15, 0.2) is 12.0 Å². The highest BCUT2D eigenvalue weighted by Gasteiger charge is 2.35. The summed E-state index contributed by atoms with van der Waals surface area (Å²) in [5.41, 5.74) is 1.99. The Labute approximate surface area is 279 Å². The number of ether oxygens (including phenoxy) is 2. The number of aliphatic hydroxyl groups is 1. The lowest BCUT2D eigenvalue weighted by Gasteiger charge is -2.41. The van der Waals surface area contributed by atoms with E-state index in [2.05, 4.69) is 38.2 Å². The lowest BCUT2D eigenvalue weighted by atomic mass is 10.0. The van der Waals surface area contributed by atoms with E-state index in [1.54, 1.807) is 23.1 Å². The summed E-state index contributed by atoms with van der Waals surface area (Å²) in [6.45, 7) is 10.9. The number of aromatic nitrogens is 3. The van der Waals surface area contributed by atoms with Crippen molar-refractivity contribution < 1.29 is 28.6 Å². The summed E-state index contributed by atoms with van der Waals surface area (Å²) in [6, 6.07) is 14.9. The molecule has 2 fully saturated rings. The quantitative estimate of drug-likeness (QED) is 0.373. The van der Waals surface area contributed by atoms with Crippen molar-refractivity contribution in [1.29, 1.82) is 5.26 Å². The number of nitriles is 1. The van der Waals surface area contributed by atoms with Crippen LogP contribution in [0.25, 0.3) is 11.4 Å². The first kappa shape index (κ1) is 34.3. The number of nitrogens with zero attached hydrogens (tertiary/aromatic N) is 7. The van der Waals surface area contributed by atoms with Crippen molar-refractivity contribution in [2.75, 3.05) is 42.9 Å². The van der Waals surface area contributed by atoms with Gasteiger partial charge in [-0.25, -0.2) is 19.2 Å². The summed E-state index contributed by atoms with van der Waals surface area (Å²) in [5, 5.41) is 22.5. The molecule has 2 saturated heterocycles. The molecule has 0 saturated carbocycles. The highest BCUT2D eigenvalue weighted by atomic mass is 19.1. The molecule has 13 nitrogen and oxygen atoms in total. The second-order valence-corrected chi connectivity index (χ2v) is 13.0. The first-order chi connectivity index (χ1) is 22.8. The summed E-state index contributed by atoms with van der Waals surface area (Å²) in [7, 11) is 0. The summed E-state index contributed by atoms with van der Waals surface area (Å²) in [6.07, 6.45) is -2.22. The molecule has 2 aliphatic rings. The third-order valence-electron chi connectivity index (χ3n) is 8.09. The van der Waals surface area contributed by atoms with Crippen molar-refractivity contribution in [3.63, 3.8) is 0 Å². The zero-order valence-corrected chi connectivity index (χ0v) is 27.8. The maximum absolute atomic E-state index is 14.9. The Kier molecular flexibility index (Phi) is 10.3. The molecular formula is C34H41FN8O5. The molecular weight excluding hydrogens is 619 g/mol. The van der Waals surface area contributed by atoms with Crippen LogP contribution in [0.2, 0.25) is 0 Å². The van der Waals surface area contributed by atoms with Crippen LogP contribution in [0.15, 0.2) is 48.8 Å². The maximum atomic E-state index is 14.9. The molecule has 48 heavy (non-hydrogen) atoms. The van der Waals surface area contributed by atoms with E-state index in [9.17, 15) is 24.3 Å². The zero-order chi connectivity index (χ0) is 34.6. The Morgan fingerprint density at radius 2 is 1.83 bits per heavy atom. The molecule has 1 unspecified atom stereocenters. The van der Waals surface area contributed by atoms with Gasteiger partial charge >= 0.3 is 6.09 Å².